The fourth-order valence-electron chi connectivity index (χ4n) is 3.85. The van der Waals surface area contributed by atoms with Gasteiger partial charge in [0.1, 0.15) is 5.82 Å². The molecule has 0 unspecified atom stereocenters. The lowest BCUT2D eigenvalue weighted by atomic mass is 10.1. The molecule has 0 radical (unpaired) electrons. The molecule has 2 atom stereocenters. The Balaban J connectivity index is 1.28. The molecule has 4 heterocycles. The van der Waals surface area contributed by atoms with Crippen molar-refractivity contribution in [2.75, 3.05) is 55.8 Å². The van der Waals surface area contributed by atoms with Crippen LogP contribution in [0.4, 0.5) is 5.82 Å². The van der Waals surface area contributed by atoms with E-state index in [1.165, 1.54) is 0 Å². The number of carbonyl (C=O) groups is 1. The van der Waals surface area contributed by atoms with Crippen molar-refractivity contribution in [2.24, 2.45) is 0 Å². The lowest BCUT2D eigenvalue weighted by molar-refractivity contribution is -0.131. The normalized spacial score (nSPS) is 28.5. The minimum Gasteiger partial charge on any atom is -0.354 e. The molecule has 1 aromatic rings. The van der Waals surface area contributed by atoms with Crippen molar-refractivity contribution in [3.05, 3.63) is 24.4 Å². The fourth-order valence-corrected chi connectivity index (χ4v) is 4.80. The van der Waals surface area contributed by atoms with Crippen molar-refractivity contribution in [1.29, 1.82) is 0 Å². The van der Waals surface area contributed by atoms with Crippen LogP contribution in [0.5, 0.6) is 0 Å². The zero-order valence-electron chi connectivity index (χ0n) is 13.9. The summed E-state index contributed by atoms with van der Waals surface area (Å²) in [5.41, 5.74) is 0. The highest BCUT2D eigenvalue weighted by atomic mass is 32.2. The van der Waals surface area contributed by atoms with E-state index in [-0.39, 0.29) is 6.04 Å². The summed E-state index contributed by atoms with van der Waals surface area (Å²) >= 11 is 1.85. The van der Waals surface area contributed by atoms with Gasteiger partial charge in [0.25, 0.3) is 0 Å². The first-order valence-electron chi connectivity index (χ1n) is 8.81. The lowest BCUT2D eigenvalue weighted by Gasteiger charge is -2.38. The van der Waals surface area contributed by atoms with Crippen molar-refractivity contribution in [2.45, 2.75) is 18.5 Å². The van der Waals surface area contributed by atoms with Crippen molar-refractivity contribution in [1.82, 2.24) is 20.1 Å². The molecule has 130 valence electrons. The summed E-state index contributed by atoms with van der Waals surface area (Å²) in [6.07, 6.45) is 2.80. The highest BCUT2D eigenvalue weighted by molar-refractivity contribution is 7.99. The van der Waals surface area contributed by atoms with Crippen LogP contribution in [0.2, 0.25) is 0 Å². The maximum atomic E-state index is 12.5. The maximum Gasteiger partial charge on any atom is 0.240 e. The van der Waals surface area contributed by atoms with Crippen LogP contribution in [-0.4, -0.2) is 83.7 Å². The van der Waals surface area contributed by atoms with E-state index in [2.05, 4.69) is 26.2 Å². The number of piperazine rings is 1. The van der Waals surface area contributed by atoms with Crippen molar-refractivity contribution in [3.8, 4) is 0 Å². The van der Waals surface area contributed by atoms with Gasteiger partial charge in [-0.3, -0.25) is 9.69 Å². The third kappa shape index (κ3) is 3.38. The minimum atomic E-state index is 0.0162. The van der Waals surface area contributed by atoms with Gasteiger partial charge in [0.15, 0.2) is 0 Å². The second-order valence-corrected chi connectivity index (χ2v) is 7.78. The number of amides is 1. The second-order valence-electron chi connectivity index (χ2n) is 6.70. The van der Waals surface area contributed by atoms with E-state index in [4.69, 9.17) is 0 Å². The number of aromatic nitrogens is 1. The van der Waals surface area contributed by atoms with Crippen LogP contribution in [0.1, 0.15) is 6.42 Å². The van der Waals surface area contributed by atoms with Crippen molar-refractivity contribution >= 4 is 23.5 Å². The Kier molecular flexibility index (Phi) is 4.91. The number of nitrogens with one attached hydrogen (secondary N) is 1. The molecule has 4 rings (SSSR count). The number of hydrogen-bond acceptors (Lipinski definition) is 6. The van der Waals surface area contributed by atoms with Gasteiger partial charge in [-0.05, 0) is 18.6 Å². The molecule has 6 nitrogen and oxygen atoms in total. The molecule has 1 amide bonds. The molecule has 3 aliphatic rings. The zero-order chi connectivity index (χ0) is 16.4. The predicted molar refractivity (Wildman–Crippen MR) is 97.3 cm³/mol. The molecule has 0 bridgehead atoms. The van der Waals surface area contributed by atoms with Gasteiger partial charge >= 0.3 is 0 Å². The van der Waals surface area contributed by atoms with Gasteiger partial charge in [0, 0.05) is 57.3 Å². The van der Waals surface area contributed by atoms with Crippen LogP contribution in [-0.2, 0) is 4.79 Å². The van der Waals surface area contributed by atoms with Crippen molar-refractivity contribution < 1.29 is 4.79 Å². The molecule has 3 aliphatic heterocycles. The SMILES string of the molecule is O=C([C@@H]1C[C@H](N2CCN(c3ccccn3)CC2)CN1)N1CCSC1. The summed E-state index contributed by atoms with van der Waals surface area (Å²) in [7, 11) is 0. The van der Waals surface area contributed by atoms with Crippen LogP contribution in [0.25, 0.3) is 0 Å². The Labute approximate surface area is 147 Å². The summed E-state index contributed by atoms with van der Waals surface area (Å²) in [5, 5.41) is 3.46. The van der Waals surface area contributed by atoms with Gasteiger partial charge in [-0.25, -0.2) is 4.98 Å². The topological polar surface area (TPSA) is 51.7 Å². The molecule has 7 heteroatoms. The third-order valence-corrected chi connectivity index (χ3v) is 6.24. The quantitative estimate of drug-likeness (QED) is 0.858. The third-order valence-electron chi connectivity index (χ3n) is 5.27. The molecule has 3 fully saturated rings. The highest BCUT2D eigenvalue weighted by Gasteiger charge is 2.36. The van der Waals surface area contributed by atoms with Gasteiger partial charge < -0.3 is 15.1 Å². The minimum absolute atomic E-state index is 0.0162. The monoisotopic (exact) mass is 347 g/mol. The second kappa shape index (κ2) is 7.29. The summed E-state index contributed by atoms with van der Waals surface area (Å²) in [5.74, 6) is 3.32. The summed E-state index contributed by atoms with van der Waals surface area (Å²) < 4.78 is 0. The number of hydrogen-bond donors (Lipinski definition) is 1. The maximum absolute atomic E-state index is 12.5. The van der Waals surface area contributed by atoms with Gasteiger partial charge in [-0.15, -0.1) is 11.8 Å². The van der Waals surface area contributed by atoms with E-state index in [1.54, 1.807) is 0 Å². The summed E-state index contributed by atoms with van der Waals surface area (Å²) in [6, 6.07) is 6.58. The lowest BCUT2D eigenvalue weighted by Crippen LogP contribution is -2.51. The van der Waals surface area contributed by atoms with Gasteiger partial charge in [0.2, 0.25) is 5.91 Å². The van der Waals surface area contributed by atoms with Gasteiger partial charge in [-0.2, -0.15) is 0 Å². The predicted octanol–water partition coefficient (Wildman–Crippen LogP) is 0.467. The number of rotatable bonds is 3. The zero-order valence-corrected chi connectivity index (χ0v) is 14.7. The first-order valence-corrected chi connectivity index (χ1v) is 9.97. The molecule has 3 saturated heterocycles. The summed E-state index contributed by atoms with van der Waals surface area (Å²) in [6.45, 7) is 5.95. The molecule has 1 N–H and O–H groups in total. The van der Waals surface area contributed by atoms with Crippen LogP contribution < -0.4 is 10.2 Å². The average molecular weight is 347 g/mol. The molecular formula is C17H25N5OS. The Morgan fingerprint density at radius 1 is 1.21 bits per heavy atom. The number of anilines is 1. The molecule has 0 aromatic carbocycles. The number of pyridine rings is 1. The van der Waals surface area contributed by atoms with Crippen LogP contribution in [0.3, 0.4) is 0 Å². The van der Waals surface area contributed by atoms with E-state index in [1.807, 2.05) is 35.0 Å². The first-order chi connectivity index (χ1) is 11.8. The van der Waals surface area contributed by atoms with Gasteiger partial charge in [-0.1, -0.05) is 6.07 Å². The van der Waals surface area contributed by atoms with Crippen LogP contribution >= 0.6 is 11.8 Å². The first kappa shape index (κ1) is 16.2. The van der Waals surface area contributed by atoms with Crippen LogP contribution in [0, 0.1) is 0 Å². The molecule has 1 aromatic heterocycles. The molecule has 0 saturated carbocycles. The smallest absolute Gasteiger partial charge is 0.240 e. The van der Waals surface area contributed by atoms with E-state index in [0.29, 0.717) is 11.9 Å². The van der Waals surface area contributed by atoms with E-state index in [0.717, 1.165) is 63.1 Å². The summed E-state index contributed by atoms with van der Waals surface area (Å²) in [4.78, 5) is 23.9. The van der Waals surface area contributed by atoms with E-state index >= 15 is 0 Å². The Morgan fingerprint density at radius 2 is 2.08 bits per heavy atom. The Bertz CT molecular complexity index is 557. The number of carbonyl (C=O) groups excluding carboxylic acids is 1. The average Bonchev–Trinajstić information content (AvgIpc) is 3.34. The van der Waals surface area contributed by atoms with Crippen LogP contribution in [0.15, 0.2) is 24.4 Å². The molecule has 24 heavy (non-hydrogen) atoms. The van der Waals surface area contributed by atoms with E-state index in [9.17, 15) is 4.79 Å². The molecular weight excluding hydrogens is 322 g/mol. The Hall–Kier alpha value is -1.31. The standard InChI is InChI=1S/C17H25N5OS/c23-17(22-9-10-24-13-22)15-11-14(12-19-15)20-5-7-21(8-6-20)16-3-1-2-4-18-16/h1-4,14-15,19H,5-13H2/t14-,15-/m0/s1. The number of thioether (sulfide) groups is 1. The van der Waals surface area contributed by atoms with Crippen molar-refractivity contribution in [3.63, 3.8) is 0 Å². The largest absolute Gasteiger partial charge is 0.354 e. The Morgan fingerprint density at radius 3 is 2.79 bits per heavy atom. The fraction of sp³-hybridized carbons (Fsp3) is 0.647. The molecule has 0 aliphatic carbocycles. The highest BCUT2D eigenvalue weighted by Crippen LogP contribution is 2.21. The molecule has 0 spiro atoms. The van der Waals surface area contributed by atoms with E-state index < -0.39 is 0 Å². The van der Waals surface area contributed by atoms with Gasteiger partial charge in [0.05, 0.1) is 11.9 Å². The number of nitrogens with zero attached hydrogens (tertiary/aromatic N) is 4.